The first-order valence-corrected chi connectivity index (χ1v) is 14.9. The second kappa shape index (κ2) is 12.2. The fraction of sp³-hybridized carbons (Fsp3) is 0.531. The molecule has 7 atom stereocenters. The van der Waals surface area contributed by atoms with Gasteiger partial charge in [0.2, 0.25) is 0 Å². The first kappa shape index (κ1) is 31.7. The van der Waals surface area contributed by atoms with Crippen molar-refractivity contribution in [2.45, 2.75) is 68.7 Å². The van der Waals surface area contributed by atoms with Gasteiger partial charge in [-0.25, -0.2) is 0 Å². The molecule has 0 saturated carbocycles. The number of nitrogens with zero attached hydrogens (tertiary/aromatic N) is 1. The van der Waals surface area contributed by atoms with Crippen molar-refractivity contribution < 1.29 is 58.5 Å². The maximum Gasteiger partial charge on any atom is 0.198 e. The Bertz CT molecular complexity index is 1530. The van der Waals surface area contributed by atoms with Crippen LogP contribution in [0.2, 0.25) is 0 Å². The van der Waals surface area contributed by atoms with Gasteiger partial charge >= 0.3 is 0 Å². The number of hydrogen-bond acceptors (Lipinski definition) is 13. The molecule has 242 valence electrons. The molecule has 2 heterocycles. The Kier molecular flexibility index (Phi) is 8.56. The van der Waals surface area contributed by atoms with Crippen LogP contribution in [-0.4, -0.2) is 120 Å². The normalized spacial score (nSPS) is 31.6. The highest BCUT2D eigenvalue weighted by molar-refractivity contribution is 6.30. The van der Waals surface area contributed by atoms with Crippen molar-refractivity contribution in [3.63, 3.8) is 0 Å². The molecule has 0 spiro atoms. The maximum atomic E-state index is 13.8. The van der Waals surface area contributed by atoms with Crippen LogP contribution < -0.4 is 4.74 Å². The van der Waals surface area contributed by atoms with E-state index < -0.39 is 78.7 Å². The Morgan fingerprint density at radius 1 is 1.13 bits per heavy atom. The Morgan fingerprint density at radius 2 is 1.89 bits per heavy atom. The van der Waals surface area contributed by atoms with Crippen LogP contribution in [0.15, 0.2) is 24.3 Å². The lowest BCUT2D eigenvalue weighted by atomic mass is 9.72. The average molecular weight is 628 g/mol. The molecule has 0 aromatic heterocycles. The molecule has 13 nitrogen and oxygen atoms in total. The highest BCUT2D eigenvalue weighted by Crippen LogP contribution is 2.48. The number of hydrogen-bond donors (Lipinski definition) is 4. The van der Waals surface area contributed by atoms with E-state index in [1.165, 1.54) is 19.2 Å². The Morgan fingerprint density at radius 3 is 2.60 bits per heavy atom. The van der Waals surface area contributed by atoms with E-state index in [1.54, 1.807) is 26.2 Å². The standard InChI is InChI=1S/C32H37NO12/c1-15-28(36)20(33-7-8-43-25(13-33)42-3)10-24(44-15)45-22-12-32(40,23(35)14-34)11-19-17(22)9-18-27(31(19)39)29(37)16-5-4-6-21(41-2)26(16)30(18)38/h4-6,9,15,20,22,24-25,28,34,36,39-40H,7-8,10-14H2,1-3H3/t15-,20-,22-,24-,25?,28+,32-/m0/s1. The fourth-order valence-corrected chi connectivity index (χ4v) is 7.01. The Balaban J connectivity index is 1.39. The van der Waals surface area contributed by atoms with Gasteiger partial charge in [0.15, 0.2) is 29.9 Å². The van der Waals surface area contributed by atoms with E-state index in [2.05, 4.69) is 0 Å². The van der Waals surface area contributed by atoms with Gasteiger partial charge in [-0.05, 0) is 24.6 Å². The van der Waals surface area contributed by atoms with Crippen molar-refractivity contribution in [1.82, 2.24) is 4.90 Å². The van der Waals surface area contributed by atoms with Crippen molar-refractivity contribution in [1.29, 1.82) is 0 Å². The predicted molar refractivity (Wildman–Crippen MR) is 154 cm³/mol. The molecule has 0 amide bonds. The Hall–Kier alpha value is -3.27. The van der Waals surface area contributed by atoms with Gasteiger partial charge in [-0.1, -0.05) is 12.1 Å². The molecule has 2 saturated heterocycles. The molecular weight excluding hydrogens is 590 g/mol. The van der Waals surface area contributed by atoms with Crippen LogP contribution in [0.5, 0.6) is 11.5 Å². The van der Waals surface area contributed by atoms with Crippen molar-refractivity contribution in [2.24, 2.45) is 0 Å². The molecule has 4 N–H and O–H groups in total. The maximum absolute atomic E-state index is 13.8. The van der Waals surface area contributed by atoms with E-state index in [9.17, 15) is 34.8 Å². The minimum atomic E-state index is -2.14. The molecule has 0 bridgehead atoms. The lowest BCUT2D eigenvalue weighted by Crippen LogP contribution is -2.59. The largest absolute Gasteiger partial charge is 0.507 e. The molecule has 13 heteroatoms. The van der Waals surface area contributed by atoms with Crippen LogP contribution >= 0.6 is 0 Å². The second-order valence-corrected chi connectivity index (χ2v) is 12.0. The topological polar surface area (TPSA) is 182 Å². The second-order valence-electron chi connectivity index (χ2n) is 12.0. The third-order valence-electron chi connectivity index (χ3n) is 9.42. The third-order valence-corrected chi connectivity index (χ3v) is 9.42. The van der Waals surface area contributed by atoms with Crippen LogP contribution in [0.1, 0.15) is 68.8 Å². The number of benzene rings is 2. The highest BCUT2D eigenvalue weighted by atomic mass is 16.7. The molecule has 1 unspecified atom stereocenters. The van der Waals surface area contributed by atoms with Crippen molar-refractivity contribution in [3.8, 4) is 11.5 Å². The number of ketones is 3. The summed E-state index contributed by atoms with van der Waals surface area (Å²) in [5.41, 5.74) is -1.98. The zero-order chi connectivity index (χ0) is 32.2. The van der Waals surface area contributed by atoms with Crippen molar-refractivity contribution in [3.05, 3.63) is 57.6 Å². The quantitative estimate of drug-likeness (QED) is 0.287. The van der Waals surface area contributed by atoms with E-state index >= 15 is 0 Å². The van der Waals surface area contributed by atoms with E-state index in [4.69, 9.17) is 23.7 Å². The number of ether oxygens (including phenoxy) is 5. The van der Waals surface area contributed by atoms with Gasteiger partial charge in [0.05, 0.1) is 43.2 Å². The molecule has 2 aliphatic carbocycles. The summed E-state index contributed by atoms with van der Waals surface area (Å²) in [6.07, 6.45) is -4.53. The van der Waals surface area contributed by atoms with E-state index in [-0.39, 0.29) is 46.4 Å². The van der Waals surface area contributed by atoms with E-state index in [0.29, 0.717) is 25.3 Å². The van der Waals surface area contributed by atoms with Gasteiger partial charge in [-0.15, -0.1) is 0 Å². The molecule has 4 aliphatic rings. The van der Waals surface area contributed by atoms with Crippen molar-refractivity contribution in [2.75, 3.05) is 40.5 Å². The van der Waals surface area contributed by atoms with Crippen LogP contribution in [0, 0.1) is 0 Å². The monoisotopic (exact) mass is 627 g/mol. The number of carbonyl (C=O) groups is 3. The summed E-state index contributed by atoms with van der Waals surface area (Å²) in [6.45, 7) is 2.10. The first-order valence-electron chi connectivity index (χ1n) is 14.9. The van der Waals surface area contributed by atoms with Gasteiger partial charge in [0.1, 0.15) is 23.7 Å². The molecule has 2 aromatic carbocycles. The number of methoxy groups -OCH3 is 2. The number of fused-ring (bicyclic) bond motifs is 3. The Labute approximate surface area is 259 Å². The number of morpholine rings is 1. The summed E-state index contributed by atoms with van der Waals surface area (Å²) >= 11 is 0. The minimum absolute atomic E-state index is 0.0540. The van der Waals surface area contributed by atoms with Gasteiger partial charge < -0.3 is 44.1 Å². The number of aliphatic hydroxyl groups is 3. The number of aliphatic hydroxyl groups excluding tert-OH is 2. The third kappa shape index (κ3) is 5.36. The minimum Gasteiger partial charge on any atom is -0.507 e. The molecule has 2 aromatic rings. The van der Waals surface area contributed by atoms with Gasteiger partial charge in [-0.2, -0.15) is 0 Å². The molecule has 2 aliphatic heterocycles. The van der Waals surface area contributed by atoms with Crippen LogP contribution in [-0.2, 0) is 30.2 Å². The predicted octanol–water partition coefficient (Wildman–Crippen LogP) is 0.642. The molecular formula is C32H37NO12. The molecule has 6 rings (SSSR count). The zero-order valence-corrected chi connectivity index (χ0v) is 25.2. The van der Waals surface area contributed by atoms with E-state index in [0.717, 1.165) is 0 Å². The van der Waals surface area contributed by atoms with Crippen LogP contribution in [0.4, 0.5) is 0 Å². The van der Waals surface area contributed by atoms with Crippen LogP contribution in [0.25, 0.3) is 0 Å². The number of rotatable bonds is 7. The average Bonchev–Trinajstić information content (AvgIpc) is 3.04. The summed E-state index contributed by atoms with van der Waals surface area (Å²) < 4.78 is 28.7. The van der Waals surface area contributed by atoms with Gasteiger partial charge in [-0.3, -0.25) is 19.3 Å². The van der Waals surface area contributed by atoms with E-state index in [1.807, 2.05) is 4.90 Å². The number of Topliss-reactive ketones (excluding diaryl/α,β-unsaturated/α-hetero) is 1. The number of carbonyl (C=O) groups excluding carboxylic acids is 3. The molecule has 2 fully saturated rings. The van der Waals surface area contributed by atoms with Gasteiger partial charge in [0.25, 0.3) is 0 Å². The van der Waals surface area contributed by atoms with Gasteiger partial charge in [0, 0.05) is 62.2 Å². The summed E-state index contributed by atoms with van der Waals surface area (Å²) in [5.74, 6) is -2.37. The van der Waals surface area contributed by atoms with Crippen LogP contribution in [0.3, 0.4) is 0 Å². The smallest absolute Gasteiger partial charge is 0.198 e. The number of aromatic hydroxyl groups is 1. The number of phenolic OH excluding ortho intramolecular Hbond substituents is 1. The summed E-state index contributed by atoms with van der Waals surface area (Å²) in [4.78, 5) is 42.3. The highest BCUT2D eigenvalue weighted by Gasteiger charge is 2.49. The first-order chi connectivity index (χ1) is 21.5. The molecule has 0 radical (unpaired) electrons. The SMILES string of the molecule is COc1cccc2c1C(=O)c1cc3c(c(O)c1C2=O)C[C@@](O)(C(=O)CO)C[C@@H]3O[C@H]1C[C@H](N2CCOC(OC)C2)[C@H](O)[C@H](C)O1. The lowest BCUT2D eigenvalue weighted by Gasteiger charge is -2.47. The summed E-state index contributed by atoms with van der Waals surface area (Å²) in [7, 11) is 2.93. The fourth-order valence-electron chi connectivity index (χ4n) is 7.01. The molecule has 45 heavy (non-hydrogen) atoms. The lowest BCUT2D eigenvalue weighted by molar-refractivity contribution is -0.266. The zero-order valence-electron chi connectivity index (χ0n) is 25.2. The number of phenols is 1. The van der Waals surface area contributed by atoms with Crippen molar-refractivity contribution >= 4 is 17.3 Å². The summed E-state index contributed by atoms with van der Waals surface area (Å²) in [5, 5.41) is 43.7. The summed E-state index contributed by atoms with van der Waals surface area (Å²) in [6, 6.07) is 5.65.